The predicted octanol–water partition coefficient (Wildman–Crippen LogP) is 3.05. The van der Waals surface area contributed by atoms with E-state index in [1.165, 1.54) is 19.2 Å². The number of methoxy groups -OCH3 is 1. The molecule has 0 saturated carbocycles. The quantitative estimate of drug-likeness (QED) is 0.632. The van der Waals surface area contributed by atoms with Crippen molar-refractivity contribution in [2.24, 2.45) is 0 Å². The predicted molar refractivity (Wildman–Crippen MR) is 108 cm³/mol. The van der Waals surface area contributed by atoms with E-state index in [-0.39, 0.29) is 12.5 Å². The van der Waals surface area contributed by atoms with Gasteiger partial charge in [-0.15, -0.1) is 0 Å². The second-order valence-corrected chi connectivity index (χ2v) is 6.11. The average Bonchev–Trinajstić information content (AvgIpc) is 2.77. The summed E-state index contributed by atoms with van der Waals surface area (Å²) in [5, 5.41) is 5.49. The number of amides is 2. The zero-order valence-electron chi connectivity index (χ0n) is 15.7. The highest BCUT2D eigenvalue weighted by Crippen LogP contribution is 2.14. The first kappa shape index (κ1) is 19.8. The van der Waals surface area contributed by atoms with Gasteiger partial charge in [-0.05, 0) is 48.5 Å². The molecule has 3 rings (SSSR count). The van der Waals surface area contributed by atoms with E-state index >= 15 is 0 Å². The second kappa shape index (κ2) is 9.27. The lowest BCUT2D eigenvalue weighted by molar-refractivity contribution is 0.0600. The highest BCUT2D eigenvalue weighted by Gasteiger charge is 2.12. The van der Waals surface area contributed by atoms with Gasteiger partial charge in [0.15, 0.2) is 0 Å². The first-order chi connectivity index (χ1) is 14.1. The largest absolute Gasteiger partial charge is 0.465 e. The second-order valence-electron chi connectivity index (χ2n) is 6.11. The fourth-order valence-corrected chi connectivity index (χ4v) is 2.62. The lowest BCUT2D eigenvalue weighted by Crippen LogP contribution is -2.23. The molecule has 0 fully saturated rings. The zero-order valence-corrected chi connectivity index (χ0v) is 15.7. The van der Waals surface area contributed by atoms with E-state index in [2.05, 4.69) is 20.4 Å². The number of hydrogen-bond donors (Lipinski definition) is 2. The van der Waals surface area contributed by atoms with Gasteiger partial charge in [0.2, 0.25) is 0 Å². The van der Waals surface area contributed by atoms with Crippen molar-refractivity contribution in [2.45, 2.75) is 6.54 Å². The number of carbonyl (C=O) groups is 3. The molecular weight excluding hydrogens is 370 g/mol. The molecule has 0 aliphatic rings. The van der Waals surface area contributed by atoms with Crippen LogP contribution >= 0.6 is 0 Å². The fraction of sp³-hybridized carbons (Fsp3) is 0.0909. The van der Waals surface area contributed by atoms with E-state index in [9.17, 15) is 14.4 Å². The molecule has 3 aromatic rings. The Bertz CT molecular complexity index is 1030. The van der Waals surface area contributed by atoms with Gasteiger partial charge in [0.25, 0.3) is 11.8 Å². The van der Waals surface area contributed by atoms with Crippen molar-refractivity contribution in [2.75, 3.05) is 12.4 Å². The molecule has 7 heteroatoms. The summed E-state index contributed by atoms with van der Waals surface area (Å²) in [7, 11) is 1.29. The van der Waals surface area contributed by atoms with E-state index in [0.717, 1.165) is 5.69 Å². The van der Waals surface area contributed by atoms with Crippen LogP contribution in [0.25, 0.3) is 0 Å². The van der Waals surface area contributed by atoms with Crippen LogP contribution in [0, 0.1) is 0 Å². The molecule has 0 atom stereocenters. The number of ether oxygens (including phenoxy) is 1. The lowest BCUT2D eigenvalue weighted by Gasteiger charge is -2.09. The van der Waals surface area contributed by atoms with Gasteiger partial charge in [-0.3, -0.25) is 14.6 Å². The molecule has 0 spiro atoms. The number of anilines is 1. The molecule has 146 valence electrons. The molecule has 1 aromatic heterocycles. The Hall–Kier alpha value is -4.00. The van der Waals surface area contributed by atoms with E-state index in [1.54, 1.807) is 48.7 Å². The fourth-order valence-electron chi connectivity index (χ4n) is 2.62. The van der Waals surface area contributed by atoms with E-state index in [0.29, 0.717) is 22.4 Å². The molecule has 0 saturated heterocycles. The van der Waals surface area contributed by atoms with Gasteiger partial charge in [-0.2, -0.15) is 0 Å². The summed E-state index contributed by atoms with van der Waals surface area (Å²) in [4.78, 5) is 40.7. The van der Waals surface area contributed by atoms with Crippen LogP contribution in [0.1, 0.15) is 36.8 Å². The van der Waals surface area contributed by atoms with Gasteiger partial charge in [0, 0.05) is 23.0 Å². The molecule has 1 heterocycles. The Kier molecular flexibility index (Phi) is 6.32. The maximum atomic E-state index is 12.5. The standard InChI is InChI=1S/C22H19N3O4/c1-29-22(28)17-8-5-10-18(13-17)25-21(27)16-7-4-6-15(12-16)20(26)24-14-19-9-2-3-11-23-19/h2-13H,14H2,1H3,(H,24,26)(H,25,27). The summed E-state index contributed by atoms with van der Waals surface area (Å²) in [5.74, 6) is -1.20. The number of carbonyl (C=O) groups excluding carboxylic acids is 3. The molecule has 0 radical (unpaired) electrons. The molecular formula is C22H19N3O4. The van der Waals surface area contributed by atoms with Crippen LogP contribution in [-0.4, -0.2) is 29.9 Å². The number of rotatable bonds is 6. The smallest absolute Gasteiger partial charge is 0.337 e. The van der Waals surface area contributed by atoms with Gasteiger partial charge in [0.1, 0.15) is 0 Å². The van der Waals surface area contributed by atoms with Crippen molar-refractivity contribution >= 4 is 23.5 Å². The lowest BCUT2D eigenvalue weighted by atomic mass is 10.1. The Morgan fingerprint density at radius 3 is 2.31 bits per heavy atom. The summed E-state index contributed by atoms with van der Waals surface area (Å²) in [6.07, 6.45) is 1.65. The molecule has 7 nitrogen and oxygen atoms in total. The third-order valence-corrected chi connectivity index (χ3v) is 4.08. The average molecular weight is 389 g/mol. The molecule has 0 unspecified atom stereocenters. The van der Waals surface area contributed by atoms with Crippen molar-refractivity contribution in [1.29, 1.82) is 0 Å². The minimum atomic E-state index is -0.493. The molecule has 0 aliphatic heterocycles. The van der Waals surface area contributed by atoms with Crippen molar-refractivity contribution in [3.05, 3.63) is 95.3 Å². The monoisotopic (exact) mass is 389 g/mol. The number of aromatic nitrogens is 1. The molecule has 2 N–H and O–H groups in total. The Morgan fingerprint density at radius 1 is 0.862 bits per heavy atom. The van der Waals surface area contributed by atoms with Crippen molar-refractivity contribution in [3.63, 3.8) is 0 Å². The summed E-state index contributed by atoms with van der Waals surface area (Å²) < 4.78 is 4.68. The maximum absolute atomic E-state index is 12.5. The molecule has 2 amide bonds. The third kappa shape index (κ3) is 5.26. The first-order valence-corrected chi connectivity index (χ1v) is 8.85. The van der Waals surface area contributed by atoms with Crippen LogP contribution in [0.3, 0.4) is 0 Å². The number of hydrogen-bond acceptors (Lipinski definition) is 5. The normalized spacial score (nSPS) is 10.1. The summed E-state index contributed by atoms with van der Waals surface area (Å²) in [6, 6.07) is 18.2. The highest BCUT2D eigenvalue weighted by atomic mass is 16.5. The van der Waals surface area contributed by atoms with Gasteiger partial charge < -0.3 is 15.4 Å². The maximum Gasteiger partial charge on any atom is 0.337 e. The van der Waals surface area contributed by atoms with Gasteiger partial charge in [0.05, 0.1) is 24.9 Å². The van der Waals surface area contributed by atoms with E-state index in [4.69, 9.17) is 0 Å². The number of benzene rings is 2. The van der Waals surface area contributed by atoms with Crippen molar-refractivity contribution in [3.8, 4) is 0 Å². The van der Waals surface area contributed by atoms with Crippen LogP contribution in [-0.2, 0) is 11.3 Å². The minimum Gasteiger partial charge on any atom is -0.465 e. The molecule has 0 bridgehead atoms. The van der Waals surface area contributed by atoms with Gasteiger partial charge >= 0.3 is 5.97 Å². The van der Waals surface area contributed by atoms with Crippen molar-refractivity contribution < 1.29 is 19.1 Å². The van der Waals surface area contributed by atoms with Crippen LogP contribution < -0.4 is 10.6 Å². The van der Waals surface area contributed by atoms with Gasteiger partial charge in [-0.25, -0.2) is 4.79 Å². The Morgan fingerprint density at radius 2 is 1.59 bits per heavy atom. The number of esters is 1. The Labute approximate surface area is 167 Å². The SMILES string of the molecule is COC(=O)c1cccc(NC(=O)c2cccc(C(=O)NCc3ccccn3)c2)c1. The molecule has 29 heavy (non-hydrogen) atoms. The summed E-state index contributed by atoms with van der Waals surface area (Å²) in [5.41, 5.74) is 2.19. The summed E-state index contributed by atoms with van der Waals surface area (Å²) in [6.45, 7) is 0.288. The topological polar surface area (TPSA) is 97.4 Å². The molecule has 0 aliphatic carbocycles. The number of pyridine rings is 1. The number of nitrogens with one attached hydrogen (secondary N) is 2. The third-order valence-electron chi connectivity index (χ3n) is 4.08. The van der Waals surface area contributed by atoms with Crippen molar-refractivity contribution in [1.82, 2.24) is 10.3 Å². The van der Waals surface area contributed by atoms with Crippen LogP contribution in [0.2, 0.25) is 0 Å². The van der Waals surface area contributed by atoms with Crippen LogP contribution in [0.15, 0.2) is 72.9 Å². The molecule has 2 aromatic carbocycles. The van der Waals surface area contributed by atoms with Crippen LogP contribution in [0.5, 0.6) is 0 Å². The number of nitrogens with zero attached hydrogens (tertiary/aromatic N) is 1. The Balaban J connectivity index is 1.67. The highest BCUT2D eigenvalue weighted by molar-refractivity contribution is 6.06. The first-order valence-electron chi connectivity index (χ1n) is 8.85. The minimum absolute atomic E-state index is 0.288. The van der Waals surface area contributed by atoms with Crippen LogP contribution in [0.4, 0.5) is 5.69 Å². The van der Waals surface area contributed by atoms with E-state index < -0.39 is 11.9 Å². The summed E-state index contributed by atoms with van der Waals surface area (Å²) >= 11 is 0. The van der Waals surface area contributed by atoms with E-state index in [1.807, 2.05) is 12.1 Å². The zero-order chi connectivity index (χ0) is 20.6. The van der Waals surface area contributed by atoms with Gasteiger partial charge in [-0.1, -0.05) is 18.2 Å².